The molecule has 0 saturated carbocycles. The third kappa shape index (κ3) is 4.36. The van der Waals surface area contributed by atoms with Crippen molar-refractivity contribution in [3.05, 3.63) is 44.8 Å². The van der Waals surface area contributed by atoms with Gasteiger partial charge in [-0.15, -0.1) is 0 Å². The summed E-state index contributed by atoms with van der Waals surface area (Å²) >= 11 is 11.7. The van der Waals surface area contributed by atoms with Crippen molar-refractivity contribution in [2.45, 2.75) is 19.6 Å². The Bertz CT molecular complexity index is 957. The maximum absolute atomic E-state index is 13.2. The Labute approximate surface area is 180 Å². The van der Waals surface area contributed by atoms with Crippen LogP contribution in [-0.4, -0.2) is 53.9 Å². The molecule has 2 aromatic rings. The standard InChI is InChI=1S/C18H19Cl2F3N4O3/c1-11-16(20)17(18(21,22)23)24-26(11)10-15(28)25-5-7-27(29,8-6-25)12-3-4-13(19)14(9-12)30-2/h3-4,9H,5-8,10H2,1-2H3. The lowest BCUT2D eigenvalue weighted by Gasteiger charge is -2.47. The van der Waals surface area contributed by atoms with Crippen LogP contribution in [0.2, 0.25) is 10.0 Å². The van der Waals surface area contributed by atoms with Gasteiger partial charge in [0, 0.05) is 12.1 Å². The molecule has 1 aliphatic rings. The van der Waals surface area contributed by atoms with Crippen LogP contribution in [0.25, 0.3) is 0 Å². The Balaban J connectivity index is 1.69. The molecule has 1 saturated heterocycles. The van der Waals surface area contributed by atoms with Crippen LogP contribution in [0.15, 0.2) is 18.2 Å². The summed E-state index contributed by atoms with van der Waals surface area (Å²) < 4.78 is 44.3. The number of quaternary nitrogens is 1. The van der Waals surface area contributed by atoms with Crippen molar-refractivity contribution in [2.24, 2.45) is 0 Å². The Hall–Kier alpha value is -2.01. The normalized spacial score (nSPS) is 16.6. The number of hydrogen-bond donors (Lipinski definition) is 0. The molecule has 2 heterocycles. The zero-order chi connectivity index (χ0) is 22.3. The van der Waals surface area contributed by atoms with Crippen LogP contribution in [0.4, 0.5) is 18.9 Å². The number of hydroxylamine groups is 2. The number of ether oxygens (including phenoxy) is 1. The smallest absolute Gasteiger partial charge is 0.436 e. The van der Waals surface area contributed by atoms with Crippen molar-refractivity contribution in [1.82, 2.24) is 19.3 Å². The lowest BCUT2D eigenvalue weighted by molar-refractivity contribution is -0.142. The summed E-state index contributed by atoms with van der Waals surface area (Å²) in [6.45, 7) is 1.43. The van der Waals surface area contributed by atoms with Gasteiger partial charge in [-0.2, -0.15) is 18.3 Å². The molecule has 164 valence electrons. The van der Waals surface area contributed by atoms with Crippen LogP contribution < -0.4 is 9.38 Å². The summed E-state index contributed by atoms with van der Waals surface area (Å²) in [6, 6.07) is 4.76. The van der Waals surface area contributed by atoms with Gasteiger partial charge in [0.25, 0.3) is 0 Å². The molecular weight excluding hydrogens is 448 g/mol. The minimum Gasteiger partial charge on any atom is -0.627 e. The molecule has 0 spiro atoms. The van der Waals surface area contributed by atoms with Crippen LogP contribution in [0.3, 0.4) is 0 Å². The second-order valence-corrected chi connectivity index (χ2v) is 7.72. The Morgan fingerprint density at radius 1 is 1.30 bits per heavy atom. The Morgan fingerprint density at radius 3 is 2.47 bits per heavy atom. The fourth-order valence-corrected chi connectivity index (χ4v) is 3.72. The lowest BCUT2D eigenvalue weighted by atomic mass is 10.2. The number of aromatic nitrogens is 2. The quantitative estimate of drug-likeness (QED) is 0.506. The fraction of sp³-hybridized carbons (Fsp3) is 0.444. The van der Waals surface area contributed by atoms with Gasteiger partial charge in [0.2, 0.25) is 5.91 Å². The van der Waals surface area contributed by atoms with Gasteiger partial charge in [-0.1, -0.05) is 23.2 Å². The van der Waals surface area contributed by atoms with Crippen molar-refractivity contribution in [1.29, 1.82) is 0 Å². The van der Waals surface area contributed by atoms with Gasteiger partial charge in [-0.25, -0.2) is 0 Å². The monoisotopic (exact) mass is 466 g/mol. The summed E-state index contributed by atoms with van der Waals surface area (Å²) in [7, 11) is 1.45. The van der Waals surface area contributed by atoms with E-state index in [1.807, 2.05) is 0 Å². The molecular formula is C18H19Cl2F3N4O3. The van der Waals surface area contributed by atoms with Crippen LogP contribution in [-0.2, 0) is 17.5 Å². The first-order valence-electron chi connectivity index (χ1n) is 8.96. The Kier molecular flexibility index (Phi) is 6.24. The highest BCUT2D eigenvalue weighted by Gasteiger charge is 2.39. The zero-order valence-electron chi connectivity index (χ0n) is 16.2. The predicted octanol–water partition coefficient (Wildman–Crippen LogP) is 3.87. The average molecular weight is 467 g/mol. The van der Waals surface area contributed by atoms with E-state index in [9.17, 15) is 23.2 Å². The second-order valence-electron chi connectivity index (χ2n) is 6.94. The highest BCUT2D eigenvalue weighted by atomic mass is 35.5. The highest BCUT2D eigenvalue weighted by molar-refractivity contribution is 6.32. The van der Waals surface area contributed by atoms with Crippen LogP contribution in [0, 0.1) is 12.1 Å². The topological polar surface area (TPSA) is 70.4 Å². The first kappa shape index (κ1) is 22.7. The van der Waals surface area contributed by atoms with Crippen LogP contribution >= 0.6 is 23.2 Å². The van der Waals surface area contributed by atoms with E-state index in [1.54, 1.807) is 18.2 Å². The highest BCUT2D eigenvalue weighted by Crippen LogP contribution is 2.36. The van der Waals surface area contributed by atoms with Crippen molar-refractivity contribution in [2.75, 3.05) is 33.3 Å². The van der Waals surface area contributed by atoms with E-state index in [-0.39, 0.29) is 31.9 Å². The zero-order valence-corrected chi connectivity index (χ0v) is 17.7. The molecule has 7 nitrogen and oxygen atoms in total. The molecule has 0 aliphatic carbocycles. The first-order chi connectivity index (χ1) is 14.0. The summed E-state index contributed by atoms with van der Waals surface area (Å²) in [6.07, 6.45) is -4.71. The number of piperazine rings is 1. The van der Waals surface area contributed by atoms with E-state index in [2.05, 4.69) is 5.10 Å². The number of carbonyl (C=O) groups excluding carboxylic acids is 1. The molecule has 1 fully saturated rings. The number of rotatable bonds is 4. The number of nitrogens with zero attached hydrogens (tertiary/aromatic N) is 4. The van der Waals surface area contributed by atoms with Gasteiger partial charge < -0.3 is 19.5 Å². The molecule has 0 radical (unpaired) electrons. The summed E-state index contributed by atoms with van der Waals surface area (Å²) in [5.74, 6) is -0.0570. The predicted molar refractivity (Wildman–Crippen MR) is 106 cm³/mol. The molecule has 1 aliphatic heterocycles. The molecule has 3 rings (SSSR count). The van der Waals surface area contributed by atoms with E-state index in [0.29, 0.717) is 16.5 Å². The number of benzene rings is 1. The number of amides is 1. The molecule has 0 unspecified atom stereocenters. The van der Waals surface area contributed by atoms with Crippen molar-refractivity contribution in [3.8, 4) is 5.75 Å². The van der Waals surface area contributed by atoms with E-state index in [0.717, 1.165) is 4.68 Å². The largest absolute Gasteiger partial charge is 0.627 e. The van der Waals surface area contributed by atoms with Crippen molar-refractivity contribution >= 4 is 34.8 Å². The van der Waals surface area contributed by atoms with Crippen molar-refractivity contribution < 1.29 is 22.7 Å². The van der Waals surface area contributed by atoms with E-state index < -0.39 is 34.0 Å². The fourth-order valence-electron chi connectivity index (χ4n) is 3.29. The Morgan fingerprint density at radius 2 is 1.93 bits per heavy atom. The van der Waals surface area contributed by atoms with Gasteiger partial charge in [0.05, 0.1) is 35.9 Å². The third-order valence-corrected chi connectivity index (χ3v) is 5.87. The summed E-state index contributed by atoms with van der Waals surface area (Å²) in [4.78, 5) is 14.0. The molecule has 1 aromatic carbocycles. The minimum atomic E-state index is -4.71. The van der Waals surface area contributed by atoms with Gasteiger partial charge in [-0.3, -0.25) is 9.48 Å². The van der Waals surface area contributed by atoms with Crippen LogP contribution in [0.1, 0.15) is 11.4 Å². The minimum absolute atomic E-state index is 0.0524. The number of hydrogen-bond acceptors (Lipinski definition) is 4. The molecule has 12 heteroatoms. The number of halogens is 5. The third-order valence-electron chi connectivity index (χ3n) is 5.11. The molecule has 0 atom stereocenters. The van der Waals surface area contributed by atoms with Gasteiger partial charge in [0.15, 0.2) is 5.69 Å². The van der Waals surface area contributed by atoms with Gasteiger partial charge >= 0.3 is 6.18 Å². The number of carbonyl (C=O) groups is 1. The van der Waals surface area contributed by atoms with E-state index in [1.165, 1.54) is 18.9 Å². The maximum atomic E-state index is 13.2. The van der Waals surface area contributed by atoms with E-state index in [4.69, 9.17) is 27.9 Å². The van der Waals surface area contributed by atoms with Gasteiger partial charge in [0.1, 0.15) is 31.1 Å². The van der Waals surface area contributed by atoms with E-state index >= 15 is 0 Å². The average Bonchev–Trinajstić information content (AvgIpc) is 2.97. The maximum Gasteiger partial charge on any atom is 0.436 e. The lowest BCUT2D eigenvalue weighted by Crippen LogP contribution is -2.58. The number of methoxy groups -OCH3 is 1. The summed E-state index contributed by atoms with van der Waals surface area (Å²) in [5.41, 5.74) is -0.718. The first-order valence-corrected chi connectivity index (χ1v) is 9.72. The van der Waals surface area contributed by atoms with Crippen LogP contribution in [0.5, 0.6) is 5.75 Å². The SMILES string of the molecule is COc1cc([N+]2([O-])CCN(C(=O)Cn3nc(C(F)(F)F)c(Cl)c3C)CC2)ccc1Cl. The molecule has 0 bridgehead atoms. The molecule has 1 aromatic heterocycles. The molecule has 0 N–H and O–H groups in total. The second kappa shape index (κ2) is 8.26. The summed E-state index contributed by atoms with van der Waals surface area (Å²) in [5, 5.41) is 16.5. The van der Waals surface area contributed by atoms with Crippen molar-refractivity contribution in [3.63, 3.8) is 0 Å². The number of alkyl halides is 3. The molecule has 1 amide bonds. The molecule has 30 heavy (non-hydrogen) atoms. The van der Waals surface area contributed by atoms with Gasteiger partial charge in [-0.05, 0) is 13.0 Å².